The Bertz CT molecular complexity index is 660. The van der Waals surface area contributed by atoms with Gasteiger partial charge in [-0.25, -0.2) is 4.99 Å². The number of nitro groups is 1. The molecule has 0 saturated heterocycles. The summed E-state index contributed by atoms with van der Waals surface area (Å²) in [4.78, 5) is 13.8. The number of hydrogen-bond acceptors (Lipinski definition) is 6. The first-order valence-corrected chi connectivity index (χ1v) is 7.49. The quantitative estimate of drug-likeness (QED) is 0.145. The SMILES string of the molecule is CSC(=Nc1c(OC(F)(F)F)cc(I)cc1[N+](=O)[O-])NC#N. The fourth-order valence-electron chi connectivity index (χ4n) is 1.29. The van der Waals surface area contributed by atoms with Crippen molar-refractivity contribution in [1.82, 2.24) is 5.32 Å². The minimum absolute atomic E-state index is 0.112. The molecule has 0 radical (unpaired) electrons. The fraction of sp³-hybridized carbons (Fsp3) is 0.200. The molecule has 1 aromatic carbocycles. The number of nitrogens with zero attached hydrogens (tertiary/aromatic N) is 3. The standard InChI is InChI=1S/C10H6F3IN4O3S/c1-22-9(16-4-15)17-8-6(18(19)20)2-5(14)3-7(8)21-10(11,12)13/h2-3H,1H3,(H,16,17). The van der Waals surface area contributed by atoms with Gasteiger partial charge in [0.1, 0.15) is 0 Å². The van der Waals surface area contributed by atoms with Crippen molar-refractivity contribution in [3.05, 3.63) is 25.8 Å². The monoisotopic (exact) mass is 446 g/mol. The van der Waals surface area contributed by atoms with E-state index in [0.29, 0.717) is 0 Å². The van der Waals surface area contributed by atoms with Crippen molar-refractivity contribution in [3.63, 3.8) is 0 Å². The number of nitrogens with one attached hydrogen (secondary N) is 1. The molecular weight excluding hydrogens is 440 g/mol. The minimum Gasteiger partial charge on any atom is -0.403 e. The first-order valence-electron chi connectivity index (χ1n) is 5.19. The molecule has 0 fully saturated rings. The Kier molecular flexibility index (Phi) is 6.23. The number of benzene rings is 1. The number of nitro benzene ring substituents is 1. The summed E-state index contributed by atoms with van der Waals surface area (Å²) in [5, 5.41) is 21.5. The minimum atomic E-state index is -5.04. The predicted octanol–water partition coefficient (Wildman–Crippen LogP) is 3.52. The second-order valence-corrected chi connectivity index (χ2v) is 5.48. The van der Waals surface area contributed by atoms with E-state index in [-0.39, 0.29) is 8.74 Å². The number of hydrogen-bond donors (Lipinski definition) is 1. The van der Waals surface area contributed by atoms with Gasteiger partial charge >= 0.3 is 6.36 Å². The molecule has 0 saturated carbocycles. The Balaban J connectivity index is 3.55. The highest BCUT2D eigenvalue weighted by molar-refractivity contribution is 14.1. The van der Waals surface area contributed by atoms with Crippen LogP contribution in [0.4, 0.5) is 24.5 Å². The van der Waals surface area contributed by atoms with Crippen molar-refractivity contribution in [3.8, 4) is 11.9 Å². The lowest BCUT2D eigenvalue weighted by Gasteiger charge is -2.12. The average Bonchev–Trinajstić information content (AvgIpc) is 2.38. The fourth-order valence-corrected chi connectivity index (χ4v) is 2.20. The van der Waals surface area contributed by atoms with Gasteiger partial charge in [0, 0.05) is 9.64 Å². The third-order valence-corrected chi connectivity index (χ3v) is 3.21. The molecule has 0 atom stereocenters. The molecule has 1 N–H and O–H groups in total. The molecular formula is C10H6F3IN4O3S. The summed E-state index contributed by atoms with van der Waals surface area (Å²) in [6, 6.07) is 2.01. The van der Waals surface area contributed by atoms with E-state index in [1.54, 1.807) is 22.6 Å². The number of alkyl halides is 3. The molecule has 0 unspecified atom stereocenters. The number of rotatable bonds is 3. The Morgan fingerprint density at radius 1 is 1.59 bits per heavy atom. The number of thioether (sulfide) groups is 1. The summed E-state index contributed by atoms with van der Waals surface area (Å²) in [6.45, 7) is 0. The maximum atomic E-state index is 12.4. The van der Waals surface area contributed by atoms with Gasteiger partial charge in [-0.2, -0.15) is 5.26 Å². The van der Waals surface area contributed by atoms with Crippen LogP contribution in [0.25, 0.3) is 0 Å². The van der Waals surface area contributed by atoms with Crippen LogP contribution in [0.1, 0.15) is 0 Å². The van der Waals surface area contributed by atoms with Crippen LogP contribution in [0.3, 0.4) is 0 Å². The first kappa shape index (κ1) is 18.3. The number of amidine groups is 1. The highest BCUT2D eigenvalue weighted by Gasteiger charge is 2.34. The molecule has 12 heteroatoms. The second-order valence-electron chi connectivity index (χ2n) is 3.43. The molecule has 0 aliphatic rings. The van der Waals surface area contributed by atoms with Crippen LogP contribution in [-0.2, 0) is 0 Å². The predicted molar refractivity (Wildman–Crippen MR) is 81.9 cm³/mol. The van der Waals surface area contributed by atoms with Crippen molar-refractivity contribution in [1.29, 1.82) is 5.26 Å². The molecule has 0 spiro atoms. The summed E-state index contributed by atoms with van der Waals surface area (Å²) in [5.41, 5.74) is -1.30. The third kappa shape index (κ3) is 5.22. The zero-order valence-corrected chi connectivity index (χ0v) is 13.6. The summed E-state index contributed by atoms with van der Waals surface area (Å²) >= 11 is 2.51. The van der Waals surface area contributed by atoms with E-state index in [4.69, 9.17) is 5.26 Å². The lowest BCUT2D eigenvalue weighted by molar-refractivity contribution is -0.384. The zero-order chi connectivity index (χ0) is 16.9. The van der Waals surface area contributed by atoms with Crippen LogP contribution in [0, 0.1) is 25.1 Å². The summed E-state index contributed by atoms with van der Waals surface area (Å²) < 4.78 is 41.3. The Morgan fingerprint density at radius 2 is 2.23 bits per heavy atom. The molecule has 1 aromatic rings. The van der Waals surface area contributed by atoms with Crippen LogP contribution in [-0.4, -0.2) is 22.7 Å². The smallest absolute Gasteiger partial charge is 0.403 e. The molecule has 0 aliphatic carbocycles. The number of aliphatic imine (C=N–C) groups is 1. The molecule has 0 amide bonds. The molecule has 0 aliphatic heterocycles. The lowest BCUT2D eigenvalue weighted by Crippen LogP contribution is -2.18. The van der Waals surface area contributed by atoms with E-state index in [1.807, 2.05) is 0 Å². The Labute approximate surface area is 139 Å². The first-order chi connectivity index (χ1) is 10.2. The Morgan fingerprint density at radius 3 is 2.68 bits per heavy atom. The summed E-state index contributed by atoms with van der Waals surface area (Å²) in [5.74, 6) is -0.822. The number of ether oxygens (including phenoxy) is 1. The van der Waals surface area contributed by atoms with Crippen LogP contribution >= 0.6 is 34.4 Å². The van der Waals surface area contributed by atoms with Crippen molar-refractivity contribution < 1.29 is 22.8 Å². The van der Waals surface area contributed by atoms with Gasteiger partial charge in [-0.15, -0.1) is 13.2 Å². The third-order valence-electron chi connectivity index (χ3n) is 2.01. The van der Waals surface area contributed by atoms with Crippen molar-refractivity contribution in [2.45, 2.75) is 6.36 Å². The maximum Gasteiger partial charge on any atom is 0.573 e. The molecule has 0 heterocycles. The van der Waals surface area contributed by atoms with Crippen molar-refractivity contribution >= 4 is 50.9 Å². The highest BCUT2D eigenvalue weighted by atomic mass is 127. The van der Waals surface area contributed by atoms with Gasteiger partial charge in [0.15, 0.2) is 22.8 Å². The van der Waals surface area contributed by atoms with Crippen LogP contribution < -0.4 is 10.1 Å². The van der Waals surface area contributed by atoms with Gasteiger partial charge in [0.25, 0.3) is 5.69 Å². The second kappa shape index (κ2) is 7.49. The van der Waals surface area contributed by atoms with Crippen LogP contribution in [0.15, 0.2) is 17.1 Å². The van der Waals surface area contributed by atoms with Crippen LogP contribution in [0.5, 0.6) is 5.75 Å². The van der Waals surface area contributed by atoms with Gasteiger partial charge in [-0.05, 0) is 34.9 Å². The molecule has 0 bridgehead atoms. The number of nitriles is 1. The highest BCUT2D eigenvalue weighted by Crippen LogP contribution is 2.41. The molecule has 118 valence electrons. The van der Waals surface area contributed by atoms with E-state index >= 15 is 0 Å². The lowest BCUT2D eigenvalue weighted by atomic mass is 10.2. The van der Waals surface area contributed by atoms with Crippen molar-refractivity contribution in [2.75, 3.05) is 6.26 Å². The zero-order valence-electron chi connectivity index (χ0n) is 10.6. The summed E-state index contributed by atoms with van der Waals surface area (Å²) in [6.07, 6.45) is -2.01. The molecule has 22 heavy (non-hydrogen) atoms. The van der Waals surface area contributed by atoms with E-state index in [2.05, 4.69) is 15.0 Å². The van der Waals surface area contributed by atoms with Gasteiger partial charge < -0.3 is 4.74 Å². The summed E-state index contributed by atoms with van der Waals surface area (Å²) in [7, 11) is 0. The molecule has 7 nitrogen and oxygen atoms in total. The van der Waals surface area contributed by atoms with E-state index < -0.39 is 28.4 Å². The average molecular weight is 446 g/mol. The van der Waals surface area contributed by atoms with Gasteiger partial charge in [0.05, 0.1) is 4.92 Å². The maximum absolute atomic E-state index is 12.4. The van der Waals surface area contributed by atoms with E-state index in [9.17, 15) is 23.3 Å². The van der Waals surface area contributed by atoms with Gasteiger partial charge in [-0.3, -0.25) is 15.4 Å². The van der Waals surface area contributed by atoms with E-state index in [0.717, 1.165) is 23.9 Å². The number of halogens is 4. The van der Waals surface area contributed by atoms with Crippen LogP contribution in [0.2, 0.25) is 0 Å². The van der Waals surface area contributed by atoms with Gasteiger partial charge in [-0.1, -0.05) is 11.8 Å². The van der Waals surface area contributed by atoms with Crippen molar-refractivity contribution in [2.24, 2.45) is 4.99 Å². The molecule has 1 rings (SSSR count). The largest absolute Gasteiger partial charge is 0.573 e. The normalized spacial score (nSPS) is 11.7. The Hall–Kier alpha value is -1.75. The molecule has 0 aromatic heterocycles. The topological polar surface area (TPSA) is 101 Å². The van der Waals surface area contributed by atoms with Gasteiger partial charge in [0.2, 0.25) is 0 Å². The van der Waals surface area contributed by atoms with E-state index in [1.165, 1.54) is 12.4 Å².